The maximum absolute atomic E-state index is 13.8. The summed E-state index contributed by atoms with van der Waals surface area (Å²) in [7, 11) is 0. The lowest BCUT2D eigenvalue weighted by molar-refractivity contribution is -0.136. The van der Waals surface area contributed by atoms with Gasteiger partial charge < -0.3 is 10.6 Å². The number of thiophene rings is 1. The number of hydrogen-bond acceptors (Lipinski definition) is 5. The molecule has 168 valence electrons. The van der Waals surface area contributed by atoms with Gasteiger partial charge in [-0.05, 0) is 41.8 Å². The predicted octanol–water partition coefficient (Wildman–Crippen LogP) is 6.53. The average molecular weight is 491 g/mol. The van der Waals surface area contributed by atoms with Crippen LogP contribution in [0.2, 0.25) is 0 Å². The molecule has 0 saturated carbocycles. The van der Waals surface area contributed by atoms with E-state index in [1.54, 1.807) is 0 Å². The van der Waals surface area contributed by atoms with Gasteiger partial charge in [0.1, 0.15) is 16.5 Å². The number of carbonyl (C=O) groups excluding carboxylic acids is 2. The molecular formula is C22H13F4N3O2S2. The summed E-state index contributed by atoms with van der Waals surface area (Å²) in [5, 5.41) is 10.2. The minimum Gasteiger partial charge on any atom is -0.322 e. The Morgan fingerprint density at radius 3 is 2.42 bits per heavy atom. The van der Waals surface area contributed by atoms with Gasteiger partial charge in [-0.15, -0.1) is 11.3 Å². The molecule has 0 unspecified atom stereocenters. The molecule has 0 aliphatic heterocycles. The van der Waals surface area contributed by atoms with Gasteiger partial charge in [-0.2, -0.15) is 24.5 Å². The van der Waals surface area contributed by atoms with E-state index in [2.05, 4.69) is 15.6 Å². The Hall–Kier alpha value is -3.57. The number of halogens is 4. The standard InChI is InChI=1S/C22H13F4N3O2S2/c23-16-4-2-1-3-14(16)19(30)27-13-5-6-17(15(9-13)22(24,25)26)28-20(31)18-11-33-21(29-18)12-7-8-32-10-12/h1-11H,(H,27,30)(H,28,31). The summed E-state index contributed by atoms with van der Waals surface area (Å²) in [5.41, 5.74) is -1.39. The van der Waals surface area contributed by atoms with Crippen LogP contribution in [0.3, 0.4) is 0 Å². The summed E-state index contributed by atoms with van der Waals surface area (Å²) in [5.74, 6) is -2.51. The van der Waals surface area contributed by atoms with Gasteiger partial charge >= 0.3 is 6.18 Å². The minimum atomic E-state index is -4.83. The third kappa shape index (κ3) is 5.10. The maximum Gasteiger partial charge on any atom is 0.418 e. The number of alkyl halides is 3. The van der Waals surface area contributed by atoms with Crippen molar-refractivity contribution >= 4 is 45.9 Å². The van der Waals surface area contributed by atoms with Gasteiger partial charge in [-0.1, -0.05) is 12.1 Å². The molecule has 5 nitrogen and oxygen atoms in total. The molecule has 0 atom stereocenters. The first-order chi connectivity index (χ1) is 15.7. The fraction of sp³-hybridized carbons (Fsp3) is 0.0455. The zero-order valence-corrected chi connectivity index (χ0v) is 18.1. The Labute approximate surface area is 192 Å². The average Bonchev–Trinajstić information content (AvgIpc) is 3.46. The van der Waals surface area contributed by atoms with Gasteiger partial charge in [0.15, 0.2) is 0 Å². The highest BCUT2D eigenvalue weighted by molar-refractivity contribution is 7.14. The van der Waals surface area contributed by atoms with E-state index in [1.165, 1.54) is 52.3 Å². The number of aromatic nitrogens is 1. The van der Waals surface area contributed by atoms with Gasteiger partial charge in [0.25, 0.3) is 11.8 Å². The lowest BCUT2D eigenvalue weighted by atomic mass is 10.1. The van der Waals surface area contributed by atoms with Crippen molar-refractivity contribution in [2.45, 2.75) is 6.18 Å². The molecule has 11 heteroatoms. The van der Waals surface area contributed by atoms with Crippen molar-refractivity contribution in [3.8, 4) is 10.6 Å². The number of nitrogens with one attached hydrogen (secondary N) is 2. The van der Waals surface area contributed by atoms with Crippen LogP contribution in [-0.2, 0) is 6.18 Å². The molecule has 33 heavy (non-hydrogen) atoms. The third-order valence-corrected chi connectivity index (χ3v) is 6.03. The van der Waals surface area contributed by atoms with Crippen molar-refractivity contribution in [1.29, 1.82) is 0 Å². The van der Waals surface area contributed by atoms with Crippen LogP contribution < -0.4 is 10.6 Å². The van der Waals surface area contributed by atoms with Crippen molar-refractivity contribution in [2.75, 3.05) is 10.6 Å². The summed E-state index contributed by atoms with van der Waals surface area (Å²) < 4.78 is 54.8. The predicted molar refractivity (Wildman–Crippen MR) is 119 cm³/mol. The van der Waals surface area contributed by atoms with Crippen molar-refractivity contribution in [3.05, 3.63) is 87.3 Å². The smallest absolute Gasteiger partial charge is 0.322 e. The fourth-order valence-electron chi connectivity index (χ4n) is 2.89. The highest BCUT2D eigenvalue weighted by Gasteiger charge is 2.34. The number of carbonyl (C=O) groups is 2. The van der Waals surface area contributed by atoms with Crippen LogP contribution >= 0.6 is 22.7 Å². The number of benzene rings is 2. The van der Waals surface area contributed by atoms with E-state index in [9.17, 15) is 27.2 Å². The SMILES string of the molecule is O=C(Nc1ccc(NC(=O)c2ccccc2F)cc1C(F)(F)F)c1csc(-c2ccsc2)n1. The van der Waals surface area contributed by atoms with Crippen LogP contribution in [0, 0.1) is 5.82 Å². The maximum atomic E-state index is 13.8. The Balaban J connectivity index is 1.56. The molecule has 0 saturated heterocycles. The molecule has 0 aliphatic rings. The molecule has 2 heterocycles. The number of hydrogen-bond donors (Lipinski definition) is 2. The molecule has 4 rings (SSSR count). The fourth-order valence-corrected chi connectivity index (χ4v) is 4.40. The van der Waals surface area contributed by atoms with Crippen LogP contribution in [0.4, 0.5) is 28.9 Å². The van der Waals surface area contributed by atoms with Gasteiger partial charge in [-0.3, -0.25) is 9.59 Å². The van der Waals surface area contributed by atoms with E-state index in [-0.39, 0.29) is 16.9 Å². The molecule has 0 spiro atoms. The molecule has 0 fully saturated rings. The van der Waals surface area contributed by atoms with Gasteiger partial charge in [0.05, 0.1) is 16.8 Å². The second-order valence-corrected chi connectivity index (χ2v) is 8.33. The number of anilines is 2. The molecule has 2 N–H and O–H groups in total. The Morgan fingerprint density at radius 2 is 1.73 bits per heavy atom. The van der Waals surface area contributed by atoms with E-state index in [0.29, 0.717) is 11.1 Å². The van der Waals surface area contributed by atoms with E-state index in [4.69, 9.17) is 0 Å². The first-order valence-electron chi connectivity index (χ1n) is 9.29. The van der Waals surface area contributed by atoms with E-state index in [0.717, 1.165) is 17.7 Å². The highest BCUT2D eigenvalue weighted by atomic mass is 32.1. The summed E-state index contributed by atoms with van der Waals surface area (Å²) in [6.45, 7) is 0. The third-order valence-electron chi connectivity index (χ3n) is 4.45. The Kier molecular flexibility index (Phi) is 6.25. The summed E-state index contributed by atoms with van der Waals surface area (Å²) in [4.78, 5) is 28.9. The topological polar surface area (TPSA) is 71.1 Å². The Bertz CT molecular complexity index is 1320. The molecule has 2 amide bonds. The second kappa shape index (κ2) is 9.12. The van der Waals surface area contributed by atoms with Crippen molar-refractivity contribution in [3.63, 3.8) is 0 Å². The van der Waals surface area contributed by atoms with Crippen molar-refractivity contribution < 1.29 is 27.2 Å². The summed E-state index contributed by atoms with van der Waals surface area (Å²) >= 11 is 2.65. The zero-order valence-electron chi connectivity index (χ0n) is 16.4. The van der Waals surface area contributed by atoms with Crippen molar-refractivity contribution in [1.82, 2.24) is 4.98 Å². The number of nitrogens with zero attached hydrogens (tertiary/aromatic N) is 1. The van der Waals surface area contributed by atoms with Crippen LogP contribution in [0.5, 0.6) is 0 Å². The summed E-state index contributed by atoms with van der Waals surface area (Å²) in [6, 6.07) is 9.79. The molecule has 0 radical (unpaired) electrons. The Morgan fingerprint density at radius 1 is 0.939 bits per heavy atom. The molecule has 0 aliphatic carbocycles. The van der Waals surface area contributed by atoms with Crippen molar-refractivity contribution in [2.24, 2.45) is 0 Å². The molecular weight excluding hydrogens is 478 g/mol. The summed E-state index contributed by atoms with van der Waals surface area (Å²) in [6.07, 6.45) is -4.83. The van der Waals surface area contributed by atoms with Gasteiger partial charge in [0.2, 0.25) is 0 Å². The highest BCUT2D eigenvalue weighted by Crippen LogP contribution is 2.37. The molecule has 0 bridgehead atoms. The van der Waals surface area contributed by atoms with Crippen LogP contribution in [0.15, 0.2) is 64.7 Å². The minimum absolute atomic E-state index is 0.0220. The first kappa shape index (κ1) is 22.6. The number of amides is 2. The largest absolute Gasteiger partial charge is 0.418 e. The van der Waals surface area contributed by atoms with E-state index < -0.39 is 35.1 Å². The van der Waals surface area contributed by atoms with E-state index >= 15 is 0 Å². The zero-order chi connectivity index (χ0) is 23.6. The van der Waals surface area contributed by atoms with Gasteiger partial charge in [0, 0.05) is 22.0 Å². The molecule has 4 aromatic rings. The number of thiazole rings is 1. The van der Waals surface area contributed by atoms with Crippen LogP contribution in [-0.4, -0.2) is 16.8 Å². The monoisotopic (exact) mass is 491 g/mol. The second-order valence-electron chi connectivity index (χ2n) is 6.70. The molecule has 2 aromatic carbocycles. The first-order valence-corrected chi connectivity index (χ1v) is 11.1. The normalized spacial score (nSPS) is 11.3. The quantitative estimate of drug-likeness (QED) is 0.312. The lowest BCUT2D eigenvalue weighted by Crippen LogP contribution is -2.18. The van der Waals surface area contributed by atoms with Crippen LogP contribution in [0.25, 0.3) is 10.6 Å². The lowest BCUT2D eigenvalue weighted by Gasteiger charge is -2.15. The van der Waals surface area contributed by atoms with Crippen LogP contribution in [0.1, 0.15) is 26.4 Å². The number of rotatable bonds is 5. The molecule has 2 aromatic heterocycles. The van der Waals surface area contributed by atoms with Gasteiger partial charge in [-0.25, -0.2) is 9.37 Å². The van der Waals surface area contributed by atoms with E-state index in [1.807, 2.05) is 16.8 Å².